The Bertz CT molecular complexity index is 307. The van der Waals surface area contributed by atoms with Gasteiger partial charge in [0.1, 0.15) is 5.60 Å². The van der Waals surface area contributed by atoms with Crippen LogP contribution in [-0.2, 0) is 15.0 Å². The van der Waals surface area contributed by atoms with E-state index in [1.54, 1.807) is 20.8 Å². The molecule has 0 atom stereocenters. The predicted molar refractivity (Wildman–Crippen MR) is 53.7 cm³/mol. The summed E-state index contributed by atoms with van der Waals surface area (Å²) in [5.41, 5.74) is -0.601. The third kappa shape index (κ3) is 11.1. The highest BCUT2D eigenvalue weighted by atomic mass is 32.3. The third-order valence-electron chi connectivity index (χ3n) is 1.23. The molecule has 0 aliphatic heterocycles. The van der Waals surface area contributed by atoms with Gasteiger partial charge in [0.2, 0.25) is 0 Å². The molecule has 0 bridgehead atoms. The lowest BCUT2D eigenvalue weighted by atomic mass is 10.2. The minimum Gasteiger partial charge on any atom is -0.444 e. The standard InChI is InChI=1S/C8H16FNO4S/c1-8(2,3)14-7(11)10-5-4-6-15(9,12)13/h4-6H2,1-3H3,(H,10,11). The summed E-state index contributed by atoms with van der Waals surface area (Å²) in [5.74, 6) is -0.594. The Hall–Kier alpha value is -0.850. The molecule has 0 rings (SSSR count). The first-order valence-electron chi connectivity index (χ1n) is 4.49. The number of ether oxygens (including phenoxy) is 1. The van der Waals surface area contributed by atoms with E-state index in [0.717, 1.165) is 0 Å². The van der Waals surface area contributed by atoms with Gasteiger partial charge in [-0.2, -0.15) is 8.42 Å². The van der Waals surface area contributed by atoms with Crippen molar-refractivity contribution in [2.45, 2.75) is 32.8 Å². The topological polar surface area (TPSA) is 72.5 Å². The van der Waals surface area contributed by atoms with Crippen LogP contribution < -0.4 is 5.32 Å². The molecule has 0 aromatic rings. The lowest BCUT2D eigenvalue weighted by Gasteiger charge is -2.19. The van der Waals surface area contributed by atoms with Crippen LogP contribution in [-0.4, -0.2) is 32.4 Å². The van der Waals surface area contributed by atoms with Gasteiger partial charge < -0.3 is 10.1 Å². The summed E-state index contributed by atoms with van der Waals surface area (Å²) in [4.78, 5) is 11.0. The molecule has 1 N–H and O–H groups in total. The van der Waals surface area contributed by atoms with E-state index in [0.29, 0.717) is 0 Å². The highest BCUT2D eigenvalue weighted by molar-refractivity contribution is 7.86. The molecule has 0 heterocycles. The summed E-state index contributed by atoms with van der Waals surface area (Å²) < 4.78 is 37.1. The lowest BCUT2D eigenvalue weighted by Crippen LogP contribution is -2.33. The van der Waals surface area contributed by atoms with Gasteiger partial charge in [-0.3, -0.25) is 0 Å². The average Bonchev–Trinajstić information content (AvgIpc) is 1.92. The number of hydrogen-bond acceptors (Lipinski definition) is 4. The first kappa shape index (κ1) is 14.2. The van der Waals surface area contributed by atoms with Crippen LogP contribution in [0.5, 0.6) is 0 Å². The molecule has 1 amide bonds. The van der Waals surface area contributed by atoms with E-state index in [1.165, 1.54) is 0 Å². The second kappa shape index (κ2) is 5.29. The van der Waals surface area contributed by atoms with E-state index in [1.807, 2.05) is 0 Å². The molecular weight excluding hydrogens is 225 g/mol. The van der Waals surface area contributed by atoms with E-state index in [-0.39, 0.29) is 13.0 Å². The quantitative estimate of drug-likeness (QED) is 0.593. The fourth-order valence-corrected chi connectivity index (χ4v) is 1.24. The normalized spacial score (nSPS) is 12.3. The molecule has 90 valence electrons. The number of amides is 1. The first-order chi connectivity index (χ1) is 6.60. The van der Waals surface area contributed by atoms with Gasteiger partial charge in [-0.1, -0.05) is 0 Å². The molecular formula is C8H16FNO4S. The Labute approximate surface area is 89.2 Å². The van der Waals surface area contributed by atoms with Crippen molar-refractivity contribution in [2.75, 3.05) is 12.3 Å². The summed E-state index contributed by atoms with van der Waals surface area (Å²) in [5, 5.41) is 2.32. The maximum atomic E-state index is 12.0. The van der Waals surface area contributed by atoms with Crippen LogP contribution >= 0.6 is 0 Å². The molecule has 0 aromatic heterocycles. The zero-order valence-electron chi connectivity index (χ0n) is 9.04. The Morgan fingerprint density at radius 2 is 1.93 bits per heavy atom. The Kier molecular flexibility index (Phi) is 4.99. The molecule has 0 unspecified atom stereocenters. The average molecular weight is 241 g/mol. The fraction of sp³-hybridized carbons (Fsp3) is 0.875. The summed E-state index contributed by atoms with van der Waals surface area (Å²) in [7, 11) is -4.45. The highest BCUT2D eigenvalue weighted by Crippen LogP contribution is 2.06. The number of alkyl carbamates (subject to hydrolysis) is 1. The number of halogens is 1. The molecule has 0 aliphatic rings. The first-order valence-corrected chi connectivity index (χ1v) is 6.04. The van der Waals surface area contributed by atoms with Crippen LogP contribution in [0.1, 0.15) is 27.2 Å². The second-order valence-electron chi connectivity index (χ2n) is 4.03. The summed E-state index contributed by atoms with van der Waals surface area (Å²) >= 11 is 0. The molecule has 15 heavy (non-hydrogen) atoms. The summed E-state index contributed by atoms with van der Waals surface area (Å²) in [6, 6.07) is 0. The van der Waals surface area contributed by atoms with Crippen LogP contribution in [0.3, 0.4) is 0 Å². The van der Waals surface area contributed by atoms with Gasteiger partial charge in [0.25, 0.3) is 0 Å². The van der Waals surface area contributed by atoms with Crippen molar-refractivity contribution in [3.05, 3.63) is 0 Å². The van der Waals surface area contributed by atoms with Crippen LogP contribution in [0.15, 0.2) is 0 Å². The Morgan fingerprint density at radius 3 is 2.33 bits per heavy atom. The van der Waals surface area contributed by atoms with Gasteiger partial charge >= 0.3 is 16.3 Å². The fourth-order valence-electron chi connectivity index (χ4n) is 0.749. The van der Waals surface area contributed by atoms with Crippen molar-refractivity contribution >= 4 is 16.3 Å². The van der Waals surface area contributed by atoms with Crippen LogP contribution in [0.25, 0.3) is 0 Å². The highest BCUT2D eigenvalue weighted by Gasteiger charge is 2.15. The molecule has 7 heteroatoms. The molecule has 0 aliphatic carbocycles. The van der Waals surface area contributed by atoms with Gasteiger partial charge in [-0.05, 0) is 27.2 Å². The number of carbonyl (C=O) groups excluding carboxylic acids is 1. The SMILES string of the molecule is CC(C)(C)OC(=O)NCCCS(=O)(=O)F. The molecule has 0 saturated carbocycles. The van der Waals surface area contributed by atoms with Crippen LogP contribution in [0.4, 0.5) is 8.68 Å². The molecule has 0 radical (unpaired) electrons. The number of rotatable bonds is 4. The molecule has 0 aromatic carbocycles. The Balaban J connectivity index is 3.66. The van der Waals surface area contributed by atoms with Crippen LogP contribution in [0.2, 0.25) is 0 Å². The zero-order valence-corrected chi connectivity index (χ0v) is 9.86. The minimum absolute atomic E-state index is 0.0259. The van der Waals surface area contributed by atoms with Crippen molar-refractivity contribution in [1.82, 2.24) is 5.32 Å². The molecule has 0 fully saturated rings. The van der Waals surface area contributed by atoms with E-state index < -0.39 is 27.7 Å². The Morgan fingerprint density at radius 1 is 1.40 bits per heavy atom. The summed E-state index contributed by atoms with van der Waals surface area (Å²) in [6.07, 6.45) is -0.614. The second-order valence-corrected chi connectivity index (χ2v) is 5.51. The van der Waals surface area contributed by atoms with Crippen molar-refractivity contribution < 1.29 is 21.8 Å². The smallest absolute Gasteiger partial charge is 0.407 e. The van der Waals surface area contributed by atoms with Gasteiger partial charge in [0.15, 0.2) is 0 Å². The van der Waals surface area contributed by atoms with Crippen molar-refractivity contribution in [3.8, 4) is 0 Å². The van der Waals surface area contributed by atoms with Crippen molar-refractivity contribution in [1.29, 1.82) is 0 Å². The third-order valence-corrected chi connectivity index (χ3v) is 2.01. The summed E-state index contributed by atoms with van der Waals surface area (Å²) in [6.45, 7) is 5.19. The van der Waals surface area contributed by atoms with E-state index in [2.05, 4.69) is 5.32 Å². The van der Waals surface area contributed by atoms with Gasteiger partial charge in [0.05, 0.1) is 5.75 Å². The molecule has 0 saturated heterocycles. The van der Waals surface area contributed by atoms with Gasteiger partial charge in [-0.25, -0.2) is 4.79 Å². The van der Waals surface area contributed by atoms with Gasteiger partial charge in [-0.15, -0.1) is 3.89 Å². The largest absolute Gasteiger partial charge is 0.444 e. The van der Waals surface area contributed by atoms with Crippen molar-refractivity contribution in [2.24, 2.45) is 0 Å². The molecule has 0 spiro atoms. The predicted octanol–water partition coefficient (Wildman–Crippen LogP) is 1.20. The van der Waals surface area contributed by atoms with E-state index in [4.69, 9.17) is 4.74 Å². The maximum absolute atomic E-state index is 12.0. The number of nitrogens with one attached hydrogen (secondary N) is 1. The maximum Gasteiger partial charge on any atom is 0.407 e. The van der Waals surface area contributed by atoms with E-state index in [9.17, 15) is 17.1 Å². The minimum atomic E-state index is -4.45. The zero-order chi connectivity index (χ0) is 12.1. The number of carbonyl (C=O) groups is 1. The van der Waals surface area contributed by atoms with Crippen molar-refractivity contribution in [3.63, 3.8) is 0 Å². The van der Waals surface area contributed by atoms with E-state index >= 15 is 0 Å². The monoisotopic (exact) mass is 241 g/mol. The molecule has 5 nitrogen and oxygen atoms in total. The van der Waals surface area contributed by atoms with Crippen LogP contribution in [0, 0.1) is 0 Å². The number of hydrogen-bond donors (Lipinski definition) is 1. The lowest BCUT2D eigenvalue weighted by molar-refractivity contribution is 0.0528. The van der Waals surface area contributed by atoms with Gasteiger partial charge in [0, 0.05) is 6.54 Å².